The Labute approximate surface area is 90.1 Å². The summed E-state index contributed by atoms with van der Waals surface area (Å²) in [6, 6.07) is 0.524. The molecule has 0 aliphatic carbocycles. The van der Waals surface area contributed by atoms with Crippen molar-refractivity contribution in [3.63, 3.8) is 0 Å². The zero-order valence-corrected chi connectivity index (χ0v) is 9.34. The van der Waals surface area contributed by atoms with Gasteiger partial charge in [-0.2, -0.15) is 4.98 Å². The van der Waals surface area contributed by atoms with Gasteiger partial charge < -0.3 is 10.1 Å². The number of hydrogen-bond donors (Lipinski definition) is 1. The lowest BCUT2D eigenvalue weighted by Gasteiger charge is -2.09. The molecule has 1 N–H and O–H groups in total. The van der Waals surface area contributed by atoms with Crippen LogP contribution in [0.25, 0.3) is 0 Å². The number of nitrogens with one attached hydrogen (secondary N) is 1. The summed E-state index contributed by atoms with van der Waals surface area (Å²) in [5.74, 6) is 0. The van der Waals surface area contributed by atoms with Crippen molar-refractivity contribution in [2.45, 2.75) is 26.7 Å². The van der Waals surface area contributed by atoms with Gasteiger partial charge >= 0.3 is 6.01 Å². The van der Waals surface area contributed by atoms with E-state index in [9.17, 15) is 0 Å². The maximum absolute atomic E-state index is 5.35. The highest BCUT2D eigenvalue weighted by molar-refractivity contribution is 5.28. The van der Waals surface area contributed by atoms with Crippen molar-refractivity contribution in [2.75, 3.05) is 19.7 Å². The lowest BCUT2D eigenvalue weighted by atomic mass is 10.1. The zero-order chi connectivity index (χ0) is 10.7. The standard InChI is InChI=1S/C11H17N3O/c1-3-15-11-13-8(2)9-4-6-12-7-5-10(9)14-11/h12H,3-7H2,1-2H3. The highest BCUT2D eigenvalue weighted by Gasteiger charge is 2.14. The second-order valence-corrected chi connectivity index (χ2v) is 3.70. The molecule has 0 radical (unpaired) electrons. The molecule has 0 bridgehead atoms. The average molecular weight is 207 g/mol. The van der Waals surface area contributed by atoms with Crippen molar-refractivity contribution >= 4 is 0 Å². The van der Waals surface area contributed by atoms with Gasteiger partial charge in [0.15, 0.2) is 0 Å². The number of ether oxygens (including phenoxy) is 1. The van der Waals surface area contributed by atoms with Gasteiger partial charge in [0.05, 0.1) is 12.3 Å². The normalized spacial score (nSPS) is 15.6. The van der Waals surface area contributed by atoms with E-state index in [1.165, 1.54) is 5.56 Å². The predicted octanol–water partition coefficient (Wildman–Crippen LogP) is 0.872. The van der Waals surface area contributed by atoms with E-state index in [1.54, 1.807) is 0 Å². The van der Waals surface area contributed by atoms with Crippen LogP contribution in [0.4, 0.5) is 0 Å². The molecule has 1 aliphatic heterocycles. The van der Waals surface area contributed by atoms with E-state index >= 15 is 0 Å². The third kappa shape index (κ3) is 2.26. The van der Waals surface area contributed by atoms with Crippen LogP contribution >= 0.6 is 0 Å². The van der Waals surface area contributed by atoms with Gasteiger partial charge in [-0.3, -0.25) is 0 Å². The summed E-state index contributed by atoms with van der Waals surface area (Å²) in [6.45, 7) is 6.62. The molecule has 0 unspecified atom stereocenters. The lowest BCUT2D eigenvalue weighted by Crippen LogP contribution is -2.16. The van der Waals surface area contributed by atoms with Crippen LogP contribution in [0.2, 0.25) is 0 Å². The molecule has 15 heavy (non-hydrogen) atoms. The monoisotopic (exact) mass is 207 g/mol. The maximum atomic E-state index is 5.35. The third-order valence-electron chi connectivity index (χ3n) is 2.64. The van der Waals surface area contributed by atoms with Crippen LogP contribution in [0, 0.1) is 6.92 Å². The fourth-order valence-electron chi connectivity index (χ4n) is 1.90. The second kappa shape index (κ2) is 4.57. The molecule has 0 atom stereocenters. The molecule has 4 nitrogen and oxygen atoms in total. The molecule has 0 aromatic carbocycles. The van der Waals surface area contributed by atoms with E-state index in [0.29, 0.717) is 12.6 Å². The SMILES string of the molecule is CCOc1nc(C)c2c(n1)CCNCC2. The number of aromatic nitrogens is 2. The van der Waals surface area contributed by atoms with E-state index in [-0.39, 0.29) is 0 Å². The highest BCUT2D eigenvalue weighted by Crippen LogP contribution is 2.17. The lowest BCUT2D eigenvalue weighted by molar-refractivity contribution is 0.310. The Morgan fingerprint density at radius 1 is 1.27 bits per heavy atom. The molecular weight excluding hydrogens is 190 g/mol. The highest BCUT2D eigenvalue weighted by atomic mass is 16.5. The molecule has 1 aromatic heterocycles. The average Bonchev–Trinajstić information content (AvgIpc) is 2.43. The number of hydrogen-bond acceptors (Lipinski definition) is 4. The van der Waals surface area contributed by atoms with E-state index in [2.05, 4.69) is 15.3 Å². The first-order valence-corrected chi connectivity index (χ1v) is 5.51. The van der Waals surface area contributed by atoms with Crippen LogP contribution in [0.3, 0.4) is 0 Å². The predicted molar refractivity (Wildman–Crippen MR) is 58.2 cm³/mol. The Hall–Kier alpha value is -1.16. The molecule has 2 heterocycles. The molecule has 1 aromatic rings. The number of nitrogens with zero attached hydrogens (tertiary/aromatic N) is 2. The van der Waals surface area contributed by atoms with Gasteiger partial charge in [-0.05, 0) is 32.4 Å². The number of fused-ring (bicyclic) bond motifs is 1. The van der Waals surface area contributed by atoms with E-state index in [1.807, 2.05) is 13.8 Å². The van der Waals surface area contributed by atoms with Crippen LogP contribution in [-0.2, 0) is 12.8 Å². The molecule has 82 valence electrons. The van der Waals surface area contributed by atoms with Crippen molar-refractivity contribution in [3.8, 4) is 6.01 Å². The summed E-state index contributed by atoms with van der Waals surface area (Å²) in [7, 11) is 0. The molecular formula is C11H17N3O. The van der Waals surface area contributed by atoms with Gasteiger partial charge in [0.1, 0.15) is 0 Å². The Kier molecular flexibility index (Phi) is 3.16. The van der Waals surface area contributed by atoms with Gasteiger partial charge in [-0.25, -0.2) is 4.98 Å². The van der Waals surface area contributed by atoms with E-state index < -0.39 is 0 Å². The molecule has 2 rings (SSSR count). The second-order valence-electron chi connectivity index (χ2n) is 3.70. The summed E-state index contributed by atoms with van der Waals surface area (Å²) < 4.78 is 5.35. The fraction of sp³-hybridized carbons (Fsp3) is 0.636. The smallest absolute Gasteiger partial charge is 0.316 e. The Bertz CT molecular complexity index is 352. The van der Waals surface area contributed by atoms with Crippen LogP contribution in [0.15, 0.2) is 0 Å². The van der Waals surface area contributed by atoms with Crippen molar-refractivity contribution in [3.05, 3.63) is 17.0 Å². The number of rotatable bonds is 2. The first-order valence-electron chi connectivity index (χ1n) is 5.51. The van der Waals surface area contributed by atoms with Crippen molar-refractivity contribution in [1.82, 2.24) is 15.3 Å². The Morgan fingerprint density at radius 3 is 2.87 bits per heavy atom. The number of aryl methyl sites for hydroxylation is 1. The molecule has 0 fully saturated rings. The minimum Gasteiger partial charge on any atom is -0.464 e. The molecule has 0 saturated carbocycles. The van der Waals surface area contributed by atoms with Gasteiger partial charge in [-0.1, -0.05) is 0 Å². The summed E-state index contributed by atoms with van der Waals surface area (Å²) in [5.41, 5.74) is 3.51. The molecule has 0 amide bonds. The quantitative estimate of drug-likeness (QED) is 0.781. The van der Waals surface area contributed by atoms with Crippen molar-refractivity contribution in [1.29, 1.82) is 0 Å². The largest absolute Gasteiger partial charge is 0.464 e. The molecule has 4 heteroatoms. The van der Waals surface area contributed by atoms with Crippen molar-refractivity contribution in [2.24, 2.45) is 0 Å². The van der Waals surface area contributed by atoms with Crippen LogP contribution < -0.4 is 10.1 Å². The molecule has 0 spiro atoms. The van der Waals surface area contributed by atoms with Gasteiger partial charge in [0.2, 0.25) is 0 Å². The van der Waals surface area contributed by atoms with Gasteiger partial charge in [-0.15, -0.1) is 0 Å². The third-order valence-corrected chi connectivity index (χ3v) is 2.64. The first-order chi connectivity index (χ1) is 7.31. The van der Waals surface area contributed by atoms with Gasteiger partial charge in [0, 0.05) is 18.7 Å². The minimum atomic E-state index is 0.524. The molecule has 0 saturated heterocycles. The summed E-state index contributed by atoms with van der Waals surface area (Å²) >= 11 is 0. The van der Waals surface area contributed by atoms with Crippen LogP contribution in [0.5, 0.6) is 6.01 Å². The fourth-order valence-corrected chi connectivity index (χ4v) is 1.90. The summed E-state index contributed by atoms with van der Waals surface area (Å²) in [6.07, 6.45) is 1.99. The van der Waals surface area contributed by atoms with Crippen molar-refractivity contribution < 1.29 is 4.74 Å². The first kappa shape index (κ1) is 10.4. The van der Waals surface area contributed by atoms with Gasteiger partial charge in [0.25, 0.3) is 0 Å². The zero-order valence-electron chi connectivity index (χ0n) is 9.34. The maximum Gasteiger partial charge on any atom is 0.316 e. The topological polar surface area (TPSA) is 47.0 Å². The summed E-state index contributed by atoms with van der Waals surface area (Å²) in [5, 5.41) is 3.36. The van der Waals surface area contributed by atoms with E-state index in [4.69, 9.17) is 4.74 Å². The Morgan fingerprint density at radius 2 is 2.07 bits per heavy atom. The minimum absolute atomic E-state index is 0.524. The Balaban J connectivity index is 2.35. The van der Waals surface area contributed by atoms with E-state index in [0.717, 1.165) is 37.3 Å². The molecule has 1 aliphatic rings. The van der Waals surface area contributed by atoms with Crippen LogP contribution in [-0.4, -0.2) is 29.7 Å². The summed E-state index contributed by atoms with van der Waals surface area (Å²) in [4.78, 5) is 8.81. The van der Waals surface area contributed by atoms with Crippen LogP contribution in [0.1, 0.15) is 23.9 Å².